The SMILES string of the molecule is CC[C@@H](N)C(O)C(C)C. The van der Waals surface area contributed by atoms with E-state index in [1.807, 2.05) is 20.8 Å². The van der Waals surface area contributed by atoms with Gasteiger partial charge in [-0.1, -0.05) is 20.8 Å². The molecule has 9 heavy (non-hydrogen) atoms. The first-order chi connectivity index (χ1) is 4.09. The van der Waals surface area contributed by atoms with Crippen LogP contribution in [0.4, 0.5) is 0 Å². The standard InChI is InChI=1S/C7H17NO/c1-4-6(8)7(9)5(2)3/h5-7,9H,4,8H2,1-3H3/t6-,7?/m1/s1. The smallest absolute Gasteiger partial charge is 0.0713 e. The third-order valence-electron chi connectivity index (χ3n) is 1.59. The van der Waals surface area contributed by atoms with Crippen molar-refractivity contribution in [3.8, 4) is 0 Å². The van der Waals surface area contributed by atoms with Gasteiger partial charge in [-0.05, 0) is 12.3 Å². The summed E-state index contributed by atoms with van der Waals surface area (Å²) in [5, 5.41) is 9.27. The van der Waals surface area contributed by atoms with Gasteiger partial charge in [-0.2, -0.15) is 0 Å². The molecule has 0 spiro atoms. The predicted molar refractivity (Wildman–Crippen MR) is 39.1 cm³/mol. The Kier molecular flexibility index (Phi) is 3.82. The molecule has 0 radical (unpaired) electrons. The molecular formula is C7H17NO. The Labute approximate surface area is 57.1 Å². The van der Waals surface area contributed by atoms with E-state index in [0.29, 0.717) is 0 Å². The zero-order chi connectivity index (χ0) is 7.44. The van der Waals surface area contributed by atoms with Crippen molar-refractivity contribution in [2.45, 2.75) is 39.3 Å². The minimum absolute atomic E-state index is 0.0509. The van der Waals surface area contributed by atoms with Gasteiger partial charge >= 0.3 is 0 Å². The fourth-order valence-corrected chi connectivity index (χ4v) is 0.736. The van der Waals surface area contributed by atoms with Crippen molar-refractivity contribution in [2.75, 3.05) is 0 Å². The van der Waals surface area contributed by atoms with E-state index in [2.05, 4.69) is 0 Å². The van der Waals surface area contributed by atoms with Crippen molar-refractivity contribution < 1.29 is 5.11 Å². The summed E-state index contributed by atoms with van der Waals surface area (Å²) in [4.78, 5) is 0. The molecule has 0 aliphatic carbocycles. The average molecular weight is 131 g/mol. The van der Waals surface area contributed by atoms with Gasteiger partial charge in [0.1, 0.15) is 0 Å². The van der Waals surface area contributed by atoms with Gasteiger partial charge < -0.3 is 10.8 Å². The first-order valence-corrected chi connectivity index (χ1v) is 3.53. The van der Waals surface area contributed by atoms with Crippen LogP contribution in [0.15, 0.2) is 0 Å². The van der Waals surface area contributed by atoms with E-state index >= 15 is 0 Å². The predicted octanol–water partition coefficient (Wildman–Crippen LogP) is 0.741. The topological polar surface area (TPSA) is 46.2 Å². The van der Waals surface area contributed by atoms with Crippen molar-refractivity contribution in [1.29, 1.82) is 0 Å². The van der Waals surface area contributed by atoms with Crippen LogP contribution in [0, 0.1) is 5.92 Å². The minimum Gasteiger partial charge on any atom is -0.391 e. The quantitative estimate of drug-likeness (QED) is 0.593. The first-order valence-electron chi connectivity index (χ1n) is 3.53. The minimum atomic E-state index is -0.338. The zero-order valence-electron chi connectivity index (χ0n) is 6.46. The maximum absolute atomic E-state index is 9.27. The summed E-state index contributed by atoms with van der Waals surface area (Å²) in [6, 6.07) is -0.0509. The lowest BCUT2D eigenvalue weighted by molar-refractivity contribution is 0.0964. The van der Waals surface area contributed by atoms with E-state index in [4.69, 9.17) is 5.73 Å². The molecule has 2 atom stereocenters. The van der Waals surface area contributed by atoms with Crippen molar-refractivity contribution in [3.63, 3.8) is 0 Å². The van der Waals surface area contributed by atoms with E-state index in [1.54, 1.807) is 0 Å². The fourth-order valence-electron chi connectivity index (χ4n) is 0.736. The Hall–Kier alpha value is -0.0800. The van der Waals surface area contributed by atoms with Gasteiger partial charge in [0.15, 0.2) is 0 Å². The molecule has 0 aromatic heterocycles. The molecule has 0 aliphatic rings. The molecule has 0 aromatic carbocycles. The lowest BCUT2D eigenvalue weighted by atomic mass is 9.99. The number of hydrogen-bond acceptors (Lipinski definition) is 2. The summed E-state index contributed by atoms with van der Waals surface area (Å²) >= 11 is 0. The second kappa shape index (κ2) is 3.85. The van der Waals surface area contributed by atoms with Crippen LogP contribution >= 0.6 is 0 Å². The van der Waals surface area contributed by atoms with Crippen LogP contribution in [0.1, 0.15) is 27.2 Å². The summed E-state index contributed by atoms with van der Waals surface area (Å²) < 4.78 is 0. The Balaban J connectivity index is 3.58. The molecule has 2 heteroatoms. The summed E-state index contributed by atoms with van der Waals surface area (Å²) in [5.74, 6) is 0.278. The Bertz CT molecular complexity index is 73.3. The average Bonchev–Trinajstić information content (AvgIpc) is 1.84. The van der Waals surface area contributed by atoms with E-state index in [-0.39, 0.29) is 18.1 Å². The molecule has 0 aliphatic heterocycles. The number of nitrogens with two attached hydrogens (primary N) is 1. The van der Waals surface area contributed by atoms with Gasteiger partial charge in [-0.3, -0.25) is 0 Å². The number of aliphatic hydroxyl groups is 1. The molecule has 56 valence electrons. The van der Waals surface area contributed by atoms with Crippen LogP contribution in [-0.4, -0.2) is 17.3 Å². The molecule has 0 heterocycles. The van der Waals surface area contributed by atoms with Crippen molar-refractivity contribution >= 4 is 0 Å². The van der Waals surface area contributed by atoms with Crippen molar-refractivity contribution in [2.24, 2.45) is 11.7 Å². The third kappa shape index (κ3) is 2.82. The second-order valence-corrected chi connectivity index (χ2v) is 2.81. The van der Waals surface area contributed by atoms with Gasteiger partial charge in [-0.15, -0.1) is 0 Å². The highest BCUT2D eigenvalue weighted by Gasteiger charge is 2.15. The lowest BCUT2D eigenvalue weighted by Crippen LogP contribution is -2.37. The summed E-state index contributed by atoms with van der Waals surface area (Å²) in [6.45, 7) is 5.93. The maximum atomic E-state index is 9.27. The van der Waals surface area contributed by atoms with E-state index in [0.717, 1.165) is 6.42 Å². The van der Waals surface area contributed by atoms with Crippen molar-refractivity contribution in [1.82, 2.24) is 0 Å². The summed E-state index contributed by atoms with van der Waals surface area (Å²) in [6.07, 6.45) is 0.509. The number of hydrogen-bond donors (Lipinski definition) is 2. The monoisotopic (exact) mass is 131 g/mol. The van der Waals surface area contributed by atoms with Crippen LogP contribution in [0.25, 0.3) is 0 Å². The zero-order valence-corrected chi connectivity index (χ0v) is 6.46. The molecule has 0 bridgehead atoms. The van der Waals surface area contributed by atoms with Crippen LogP contribution in [0.2, 0.25) is 0 Å². The molecule has 3 N–H and O–H groups in total. The van der Waals surface area contributed by atoms with Crippen LogP contribution < -0.4 is 5.73 Å². The van der Waals surface area contributed by atoms with Gasteiger partial charge in [0.05, 0.1) is 6.10 Å². The fraction of sp³-hybridized carbons (Fsp3) is 1.00. The molecular weight excluding hydrogens is 114 g/mol. The van der Waals surface area contributed by atoms with E-state index < -0.39 is 0 Å². The second-order valence-electron chi connectivity index (χ2n) is 2.81. The molecule has 0 rings (SSSR count). The molecule has 1 unspecified atom stereocenters. The van der Waals surface area contributed by atoms with Gasteiger partial charge in [0, 0.05) is 6.04 Å². The summed E-state index contributed by atoms with van der Waals surface area (Å²) in [5.41, 5.74) is 5.57. The van der Waals surface area contributed by atoms with E-state index in [1.165, 1.54) is 0 Å². The van der Waals surface area contributed by atoms with Gasteiger partial charge in [-0.25, -0.2) is 0 Å². The van der Waals surface area contributed by atoms with Crippen molar-refractivity contribution in [3.05, 3.63) is 0 Å². The van der Waals surface area contributed by atoms with Crippen LogP contribution in [0.5, 0.6) is 0 Å². The van der Waals surface area contributed by atoms with Crippen LogP contribution in [-0.2, 0) is 0 Å². The Morgan fingerprint density at radius 3 is 2.00 bits per heavy atom. The molecule has 0 saturated carbocycles. The highest BCUT2D eigenvalue weighted by molar-refractivity contribution is 4.72. The lowest BCUT2D eigenvalue weighted by Gasteiger charge is -2.20. The molecule has 0 fully saturated rings. The first kappa shape index (κ1) is 8.92. The largest absolute Gasteiger partial charge is 0.391 e. The summed E-state index contributed by atoms with van der Waals surface area (Å²) in [7, 11) is 0. The molecule has 0 aromatic rings. The van der Waals surface area contributed by atoms with Gasteiger partial charge in [0.25, 0.3) is 0 Å². The van der Waals surface area contributed by atoms with E-state index in [9.17, 15) is 5.11 Å². The van der Waals surface area contributed by atoms with Gasteiger partial charge in [0.2, 0.25) is 0 Å². The Morgan fingerprint density at radius 2 is 1.89 bits per heavy atom. The molecule has 2 nitrogen and oxygen atoms in total. The van der Waals surface area contributed by atoms with Crippen LogP contribution in [0.3, 0.4) is 0 Å². The normalized spacial score (nSPS) is 18.0. The number of aliphatic hydroxyl groups excluding tert-OH is 1. The highest BCUT2D eigenvalue weighted by atomic mass is 16.3. The highest BCUT2D eigenvalue weighted by Crippen LogP contribution is 2.05. The Morgan fingerprint density at radius 1 is 1.44 bits per heavy atom. The third-order valence-corrected chi connectivity index (χ3v) is 1.59. The molecule has 0 saturated heterocycles. The maximum Gasteiger partial charge on any atom is 0.0713 e. The molecule has 0 amide bonds. The number of rotatable bonds is 3.